The minimum absolute atomic E-state index is 0.304. The Morgan fingerprint density at radius 3 is 2.60 bits per heavy atom. The topological polar surface area (TPSA) is 12.0 Å². The minimum atomic E-state index is 0.304. The van der Waals surface area contributed by atoms with E-state index in [0.717, 1.165) is 12.8 Å². The number of hydrogen-bond donors (Lipinski definition) is 1. The van der Waals surface area contributed by atoms with Crippen LogP contribution in [0.1, 0.15) is 37.4 Å². The molecule has 0 saturated carbocycles. The third-order valence-electron chi connectivity index (χ3n) is 3.36. The van der Waals surface area contributed by atoms with Crippen LogP contribution in [0.25, 0.3) is 0 Å². The number of hydrogen-bond acceptors (Lipinski definition) is 2. The molecule has 0 spiro atoms. The molecule has 0 aliphatic carbocycles. The van der Waals surface area contributed by atoms with Crippen LogP contribution >= 0.6 is 34.5 Å². The Morgan fingerprint density at radius 2 is 2.00 bits per heavy atom. The summed E-state index contributed by atoms with van der Waals surface area (Å²) < 4.78 is 0. The Kier molecular flexibility index (Phi) is 5.91. The maximum absolute atomic E-state index is 6.11. The summed E-state index contributed by atoms with van der Waals surface area (Å²) >= 11 is 13.8. The van der Waals surface area contributed by atoms with Crippen molar-refractivity contribution >= 4 is 34.5 Å². The second-order valence-corrected chi connectivity index (χ2v) is 6.63. The minimum Gasteiger partial charge on any atom is -0.307 e. The molecule has 2 atom stereocenters. The summed E-state index contributed by atoms with van der Waals surface area (Å²) in [5, 5.41) is 9.23. The fraction of sp³-hybridized carbons (Fsp3) is 0.375. The van der Waals surface area contributed by atoms with E-state index in [1.165, 1.54) is 11.1 Å². The molecule has 0 aliphatic heterocycles. The number of rotatable bonds is 6. The summed E-state index contributed by atoms with van der Waals surface area (Å²) in [6, 6.07) is 8.79. The lowest BCUT2D eigenvalue weighted by molar-refractivity contribution is 0.444. The first-order valence-electron chi connectivity index (χ1n) is 6.82. The van der Waals surface area contributed by atoms with Gasteiger partial charge in [-0.1, -0.05) is 36.2 Å². The second kappa shape index (κ2) is 7.46. The highest BCUT2D eigenvalue weighted by molar-refractivity contribution is 7.07. The van der Waals surface area contributed by atoms with Crippen LogP contribution in [0.2, 0.25) is 10.0 Å². The Labute approximate surface area is 134 Å². The van der Waals surface area contributed by atoms with Gasteiger partial charge in [0.25, 0.3) is 0 Å². The molecule has 0 radical (unpaired) electrons. The van der Waals surface area contributed by atoms with Crippen LogP contribution in [0.3, 0.4) is 0 Å². The Balaban J connectivity index is 2.02. The predicted molar refractivity (Wildman–Crippen MR) is 90.1 cm³/mol. The number of nitrogens with one attached hydrogen (secondary N) is 1. The molecule has 0 aliphatic rings. The highest BCUT2D eigenvalue weighted by Crippen LogP contribution is 2.27. The van der Waals surface area contributed by atoms with E-state index in [9.17, 15) is 0 Å². The van der Waals surface area contributed by atoms with Crippen molar-refractivity contribution in [3.63, 3.8) is 0 Å². The summed E-state index contributed by atoms with van der Waals surface area (Å²) in [5.41, 5.74) is 2.58. The second-order valence-electron chi connectivity index (χ2n) is 5.04. The van der Waals surface area contributed by atoms with Crippen LogP contribution in [0.5, 0.6) is 0 Å². The summed E-state index contributed by atoms with van der Waals surface area (Å²) in [7, 11) is 0. The van der Waals surface area contributed by atoms with E-state index in [1.54, 1.807) is 11.3 Å². The number of thiophene rings is 1. The van der Waals surface area contributed by atoms with Gasteiger partial charge in [-0.25, -0.2) is 0 Å². The van der Waals surface area contributed by atoms with Gasteiger partial charge in [-0.15, -0.1) is 0 Å². The lowest BCUT2D eigenvalue weighted by Gasteiger charge is -2.23. The van der Waals surface area contributed by atoms with Gasteiger partial charge in [0.05, 0.1) is 10.0 Å². The Bertz CT molecular complexity index is 539. The van der Waals surface area contributed by atoms with E-state index in [-0.39, 0.29) is 0 Å². The maximum Gasteiger partial charge on any atom is 0.0595 e. The zero-order chi connectivity index (χ0) is 14.5. The van der Waals surface area contributed by atoms with Gasteiger partial charge in [0, 0.05) is 12.1 Å². The van der Waals surface area contributed by atoms with E-state index in [0.29, 0.717) is 22.1 Å². The fourth-order valence-electron chi connectivity index (χ4n) is 2.34. The SMILES string of the molecule is CCC(NC(C)Cc1ccsc1)c1ccc(Cl)c(Cl)c1. The molecule has 2 aromatic rings. The zero-order valence-corrected chi connectivity index (χ0v) is 14.0. The maximum atomic E-state index is 6.11. The molecule has 0 bridgehead atoms. The number of halogens is 2. The van der Waals surface area contributed by atoms with Crippen LogP contribution in [0.15, 0.2) is 35.0 Å². The Morgan fingerprint density at radius 1 is 1.20 bits per heavy atom. The summed E-state index contributed by atoms with van der Waals surface area (Å²) in [6.07, 6.45) is 2.06. The normalized spacial score (nSPS) is 14.2. The molecule has 1 aromatic heterocycles. The Hall–Kier alpha value is -0.540. The molecule has 1 nitrogen and oxygen atoms in total. The van der Waals surface area contributed by atoms with Gasteiger partial charge in [0.1, 0.15) is 0 Å². The van der Waals surface area contributed by atoms with E-state index in [2.05, 4.69) is 36.0 Å². The predicted octanol–water partition coefficient (Wildman–Crippen LogP) is 5.73. The van der Waals surface area contributed by atoms with Gasteiger partial charge in [-0.3, -0.25) is 0 Å². The first-order chi connectivity index (χ1) is 9.60. The third-order valence-corrected chi connectivity index (χ3v) is 4.83. The van der Waals surface area contributed by atoms with Gasteiger partial charge < -0.3 is 5.32 Å². The highest BCUT2D eigenvalue weighted by atomic mass is 35.5. The van der Waals surface area contributed by atoms with Gasteiger partial charge >= 0.3 is 0 Å². The first kappa shape index (κ1) is 15.8. The van der Waals surface area contributed by atoms with Crippen molar-refractivity contribution in [3.05, 3.63) is 56.2 Å². The zero-order valence-electron chi connectivity index (χ0n) is 11.7. The van der Waals surface area contributed by atoms with E-state index < -0.39 is 0 Å². The average molecular weight is 328 g/mol. The van der Waals surface area contributed by atoms with Crippen molar-refractivity contribution in [2.45, 2.75) is 38.8 Å². The quantitative estimate of drug-likeness (QED) is 0.714. The van der Waals surface area contributed by atoms with Crippen molar-refractivity contribution < 1.29 is 0 Å². The van der Waals surface area contributed by atoms with Gasteiger partial charge in [-0.05, 0) is 59.9 Å². The van der Waals surface area contributed by atoms with Crippen molar-refractivity contribution in [1.29, 1.82) is 0 Å². The molecular weight excluding hydrogens is 309 g/mol. The van der Waals surface area contributed by atoms with E-state index >= 15 is 0 Å². The first-order valence-corrected chi connectivity index (χ1v) is 8.52. The molecule has 0 saturated heterocycles. The van der Waals surface area contributed by atoms with Gasteiger partial charge in [0.2, 0.25) is 0 Å². The number of benzene rings is 1. The molecule has 20 heavy (non-hydrogen) atoms. The van der Waals surface area contributed by atoms with E-state index in [4.69, 9.17) is 23.2 Å². The van der Waals surface area contributed by atoms with Crippen molar-refractivity contribution in [2.24, 2.45) is 0 Å². The monoisotopic (exact) mass is 327 g/mol. The molecule has 2 unspecified atom stereocenters. The summed E-state index contributed by atoms with van der Waals surface area (Å²) in [5.74, 6) is 0. The van der Waals surface area contributed by atoms with Crippen LogP contribution in [0.4, 0.5) is 0 Å². The fourth-order valence-corrected chi connectivity index (χ4v) is 3.33. The molecule has 2 rings (SSSR count). The average Bonchev–Trinajstić information content (AvgIpc) is 2.92. The van der Waals surface area contributed by atoms with Crippen molar-refractivity contribution in [2.75, 3.05) is 0 Å². The van der Waals surface area contributed by atoms with Crippen molar-refractivity contribution in [1.82, 2.24) is 5.32 Å². The van der Waals surface area contributed by atoms with Gasteiger partial charge in [-0.2, -0.15) is 11.3 Å². The molecule has 4 heteroatoms. The van der Waals surface area contributed by atoms with Gasteiger partial charge in [0.15, 0.2) is 0 Å². The van der Waals surface area contributed by atoms with Crippen LogP contribution in [0, 0.1) is 0 Å². The van der Waals surface area contributed by atoms with Crippen molar-refractivity contribution in [3.8, 4) is 0 Å². The summed E-state index contributed by atoms with van der Waals surface area (Å²) in [6.45, 7) is 4.40. The lowest BCUT2D eigenvalue weighted by atomic mass is 10.0. The highest BCUT2D eigenvalue weighted by Gasteiger charge is 2.14. The lowest BCUT2D eigenvalue weighted by Crippen LogP contribution is -2.31. The van der Waals surface area contributed by atoms with E-state index in [1.807, 2.05) is 18.2 Å². The molecule has 108 valence electrons. The molecular formula is C16H19Cl2NS. The van der Waals surface area contributed by atoms with Crippen LogP contribution < -0.4 is 5.32 Å². The van der Waals surface area contributed by atoms with Crippen LogP contribution in [-0.4, -0.2) is 6.04 Å². The molecule has 1 heterocycles. The largest absolute Gasteiger partial charge is 0.307 e. The smallest absolute Gasteiger partial charge is 0.0595 e. The standard InChI is InChI=1S/C16H19Cl2NS/c1-3-16(13-4-5-14(17)15(18)9-13)19-11(2)8-12-6-7-20-10-12/h4-7,9-11,16,19H,3,8H2,1-2H3. The summed E-state index contributed by atoms with van der Waals surface area (Å²) in [4.78, 5) is 0. The molecule has 1 aromatic carbocycles. The molecule has 1 N–H and O–H groups in total. The molecule has 0 fully saturated rings. The third kappa shape index (κ3) is 4.23. The van der Waals surface area contributed by atoms with Crippen LogP contribution in [-0.2, 0) is 6.42 Å². The molecule has 0 amide bonds.